The number of unbranched alkanes of at least 4 members (excludes halogenated alkanes) is 1. The molecular weight excluding hydrogens is 164 g/mol. The van der Waals surface area contributed by atoms with E-state index in [1.165, 1.54) is 0 Å². The Kier molecular flexibility index (Phi) is 2.25. The SMILES string of the molecule is CCCCc1nc2cccnc2o1. The van der Waals surface area contributed by atoms with Crippen LogP contribution in [0.5, 0.6) is 0 Å². The van der Waals surface area contributed by atoms with Crippen molar-refractivity contribution in [1.82, 2.24) is 9.97 Å². The quantitative estimate of drug-likeness (QED) is 0.721. The van der Waals surface area contributed by atoms with Crippen LogP contribution < -0.4 is 0 Å². The van der Waals surface area contributed by atoms with Gasteiger partial charge in [0.05, 0.1) is 0 Å². The Hall–Kier alpha value is -1.38. The minimum atomic E-state index is 0.647. The van der Waals surface area contributed by atoms with Crippen LogP contribution in [0.4, 0.5) is 0 Å². The molecule has 0 aromatic carbocycles. The van der Waals surface area contributed by atoms with E-state index in [0.29, 0.717) is 5.71 Å². The molecule has 2 aromatic rings. The number of nitrogens with zero attached hydrogens (tertiary/aromatic N) is 2. The topological polar surface area (TPSA) is 38.9 Å². The van der Waals surface area contributed by atoms with Gasteiger partial charge in [-0.3, -0.25) is 0 Å². The molecule has 0 spiro atoms. The number of pyridine rings is 1. The molecule has 0 bridgehead atoms. The molecule has 0 aliphatic heterocycles. The molecule has 2 rings (SSSR count). The second-order valence-electron chi connectivity index (χ2n) is 3.04. The van der Waals surface area contributed by atoms with Crippen molar-refractivity contribution in [2.45, 2.75) is 26.2 Å². The molecule has 0 saturated heterocycles. The zero-order valence-corrected chi connectivity index (χ0v) is 7.66. The van der Waals surface area contributed by atoms with Crippen LogP contribution in [0.1, 0.15) is 25.7 Å². The molecule has 3 heteroatoms. The number of aryl methyl sites for hydroxylation is 1. The van der Waals surface area contributed by atoms with E-state index >= 15 is 0 Å². The van der Waals surface area contributed by atoms with E-state index in [-0.39, 0.29) is 0 Å². The third-order valence-corrected chi connectivity index (χ3v) is 1.95. The molecule has 0 radical (unpaired) electrons. The Balaban J connectivity index is 2.28. The minimum Gasteiger partial charge on any atom is -0.422 e. The zero-order chi connectivity index (χ0) is 9.10. The second kappa shape index (κ2) is 3.56. The van der Waals surface area contributed by atoms with E-state index < -0.39 is 0 Å². The summed E-state index contributed by atoms with van der Waals surface area (Å²) >= 11 is 0. The normalized spacial score (nSPS) is 10.8. The average Bonchev–Trinajstić information content (AvgIpc) is 2.57. The molecule has 0 aliphatic carbocycles. The Morgan fingerprint density at radius 3 is 3.15 bits per heavy atom. The third kappa shape index (κ3) is 1.69. The molecule has 0 fully saturated rings. The molecule has 13 heavy (non-hydrogen) atoms. The van der Waals surface area contributed by atoms with Crippen molar-refractivity contribution >= 4 is 11.2 Å². The molecule has 0 saturated carbocycles. The van der Waals surface area contributed by atoms with E-state index in [4.69, 9.17) is 4.42 Å². The maximum absolute atomic E-state index is 5.45. The van der Waals surface area contributed by atoms with Crippen LogP contribution in [0.15, 0.2) is 22.7 Å². The van der Waals surface area contributed by atoms with Crippen molar-refractivity contribution in [3.63, 3.8) is 0 Å². The first kappa shape index (κ1) is 8.23. The Bertz CT molecular complexity index is 361. The van der Waals surface area contributed by atoms with E-state index in [2.05, 4.69) is 16.9 Å². The fourth-order valence-electron chi connectivity index (χ4n) is 1.25. The van der Waals surface area contributed by atoms with Gasteiger partial charge in [-0.15, -0.1) is 0 Å². The predicted molar refractivity (Wildman–Crippen MR) is 50.4 cm³/mol. The van der Waals surface area contributed by atoms with Crippen molar-refractivity contribution in [3.05, 3.63) is 24.2 Å². The number of rotatable bonds is 3. The Morgan fingerprint density at radius 1 is 1.46 bits per heavy atom. The van der Waals surface area contributed by atoms with Gasteiger partial charge in [0.1, 0.15) is 5.52 Å². The highest BCUT2D eigenvalue weighted by atomic mass is 16.4. The highest BCUT2D eigenvalue weighted by molar-refractivity contribution is 5.67. The number of hydrogen-bond donors (Lipinski definition) is 0. The summed E-state index contributed by atoms with van der Waals surface area (Å²) in [6.07, 6.45) is 4.91. The van der Waals surface area contributed by atoms with Gasteiger partial charge in [-0.2, -0.15) is 0 Å². The fraction of sp³-hybridized carbons (Fsp3) is 0.400. The van der Waals surface area contributed by atoms with Crippen LogP contribution in [-0.2, 0) is 6.42 Å². The lowest BCUT2D eigenvalue weighted by Crippen LogP contribution is -1.82. The lowest BCUT2D eigenvalue weighted by molar-refractivity contribution is 0.510. The average molecular weight is 176 g/mol. The molecule has 0 amide bonds. The lowest BCUT2D eigenvalue weighted by atomic mass is 10.2. The first-order valence-electron chi connectivity index (χ1n) is 4.60. The van der Waals surface area contributed by atoms with Gasteiger partial charge in [-0.05, 0) is 18.6 Å². The van der Waals surface area contributed by atoms with Gasteiger partial charge in [0.25, 0.3) is 0 Å². The summed E-state index contributed by atoms with van der Waals surface area (Å²) in [5, 5.41) is 0. The molecule has 3 nitrogen and oxygen atoms in total. The van der Waals surface area contributed by atoms with Crippen LogP contribution in [0.3, 0.4) is 0 Å². The number of fused-ring (bicyclic) bond motifs is 1. The van der Waals surface area contributed by atoms with Crippen molar-refractivity contribution < 1.29 is 4.42 Å². The summed E-state index contributed by atoms with van der Waals surface area (Å²) in [7, 11) is 0. The standard InChI is InChI=1S/C10H12N2O/c1-2-3-6-9-12-8-5-4-7-11-10(8)13-9/h4-5,7H,2-3,6H2,1H3. The summed E-state index contributed by atoms with van der Waals surface area (Å²) < 4.78 is 5.45. The molecular formula is C10H12N2O. The number of hydrogen-bond acceptors (Lipinski definition) is 3. The van der Waals surface area contributed by atoms with Gasteiger partial charge in [0.15, 0.2) is 5.89 Å². The summed E-state index contributed by atoms with van der Waals surface area (Å²) in [5.41, 5.74) is 1.50. The van der Waals surface area contributed by atoms with E-state index in [0.717, 1.165) is 30.7 Å². The highest BCUT2D eigenvalue weighted by Crippen LogP contribution is 2.13. The van der Waals surface area contributed by atoms with Gasteiger partial charge in [-0.25, -0.2) is 9.97 Å². The molecule has 0 unspecified atom stereocenters. The van der Waals surface area contributed by atoms with Crippen molar-refractivity contribution in [2.24, 2.45) is 0 Å². The largest absolute Gasteiger partial charge is 0.422 e. The summed E-state index contributed by atoms with van der Waals surface area (Å²) in [6.45, 7) is 2.15. The Labute approximate surface area is 76.8 Å². The summed E-state index contributed by atoms with van der Waals surface area (Å²) in [6, 6.07) is 3.79. The first-order valence-corrected chi connectivity index (χ1v) is 4.60. The predicted octanol–water partition coefficient (Wildman–Crippen LogP) is 2.57. The smallest absolute Gasteiger partial charge is 0.246 e. The fourth-order valence-corrected chi connectivity index (χ4v) is 1.25. The summed E-state index contributed by atoms with van der Waals surface area (Å²) in [5.74, 6) is 0.801. The third-order valence-electron chi connectivity index (χ3n) is 1.95. The van der Waals surface area contributed by atoms with Gasteiger partial charge in [0, 0.05) is 12.6 Å². The molecule has 2 aromatic heterocycles. The Morgan fingerprint density at radius 2 is 2.38 bits per heavy atom. The van der Waals surface area contributed by atoms with E-state index in [1.54, 1.807) is 6.20 Å². The molecule has 0 aliphatic rings. The van der Waals surface area contributed by atoms with Crippen LogP contribution in [-0.4, -0.2) is 9.97 Å². The van der Waals surface area contributed by atoms with Crippen molar-refractivity contribution in [2.75, 3.05) is 0 Å². The number of oxazole rings is 1. The van der Waals surface area contributed by atoms with Gasteiger partial charge < -0.3 is 4.42 Å². The molecule has 68 valence electrons. The molecule has 2 heterocycles. The monoisotopic (exact) mass is 176 g/mol. The van der Waals surface area contributed by atoms with E-state index in [9.17, 15) is 0 Å². The van der Waals surface area contributed by atoms with Gasteiger partial charge in [0.2, 0.25) is 5.71 Å². The molecule has 0 atom stereocenters. The van der Waals surface area contributed by atoms with Crippen LogP contribution in [0.25, 0.3) is 11.2 Å². The minimum absolute atomic E-state index is 0.647. The lowest BCUT2D eigenvalue weighted by Gasteiger charge is -1.88. The maximum Gasteiger partial charge on any atom is 0.246 e. The van der Waals surface area contributed by atoms with E-state index in [1.807, 2.05) is 12.1 Å². The van der Waals surface area contributed by atoms with Crippen molar-refractivity contribution in [3.8, 4) is 0 Å². The molecule has 0 N–H and O–H groups in total. The first-order chi connectivity index (χ1) is 6.40. The highest BCUT2D eigenvalue weighted by Gasteiger charge is 2.04. The van der Waals surface area contributed by atoms with Crippen LogP contribution in [0, 0.1) is 0 Å². The van der Waals surface area contributed by atoms with Crippen LogP contribution >= 0.6 is 0 Å². The number of aromatic nitrogens is 2. The van der Waals surface area contributed by atoms with Crippen LogP contribution in [0.2, 0.25) is 0 Å². The maximum atomic E-state index is 5.45. The van der Waals surface area contributed by atoms with Crippen molar-refractivity contribution in [1.29, 1.82) is 0 Å². The van der Waals surface area contributed by atoms with Gasteiger partial charge in [-0.1, -0.05) is 13.3 Å². The van der Waals surface area contributed by atoms with Gasteiger partial charge >= 0.3 is 0 Å². The zero-order valence-electron chi connectivity index (χ0n) is 7.66. The summed E-state index contributed by atoms with van der Waals surface area (Å²) in [4.78, 5) is 8.40. The second-order valence-corrected chi connectivity index (χ2v) is 3.04.